The molecule has 1 rings (SSSR count). The molecular formula is C12H18N2S. The van der Waals surface area contributed by atoms with E-state index in [0.29, 0.717) is 12.0 Å². The van der Waals surface area contributed by atoms with Gasteiger partial charge in [-0.05, 0) is 24.5 Å². The first-order valence-corrected chi connectivity index (χ1v) is 6.21. The van der Waals surface area contributed by atoms with Gasteiger partial charge in [0.15, 0.2) is 0 Å². The van der Waals surface area contributed by atoms with Crippen LogP contribution in [0.3, 0.4) is 0 Å². The van der Waals surface area contributed by atoms with Gasteiger partial charge in [-0.1, -0.05) is 20.8 Å². The minimum absolute atomic E-state index is 0.567. The van der Waals surface area contributed by atoms with Crippen molar-refractivity contribution in [2.75, 3.05) is 0 Å². The maximum absolute atomic E-state index is 8.70. The van der Waals surface area contributed by atoms with Crippen molar-refractivity contribution in [3.05, 3.63) is 21.9 Å². The standard InChI is InChI=1S/C12H18N2S/c1-4-12(9(2)3)14-8-11-6-5-10(7-13)15-11/h5-6,9,12,14H,4,8H2,1-3H3. The zero-order chi connectivity index (χ0) is 11.3. The molecule has 3 heteroatoms. The lowest BCUT2D eigenvalue weighted by molar-refractivity contribution is 0.389. The number of nitriles is 1. The lowest BCUT2D eigenvalue weighted by Crippen LogP contribution is -2.32. The Morgan fingerprint density at radius 1 is 1.47 bits per heavy atom. The highest BCUT2D eigenvalue weighted by Gasteiger charge is 2.10. The normalized spacial score (nSPS) is 12.7. The van der Waals surface area contributed by atoms with Gasteiger partial charge in [-0.25, -0.2) is 0 Å². The van der Waals surface area contributed by atoms with E-state index in [2.05, 4.69) is 32.2 Å². The third-order valence-electron chi connectivity index (χ3n) is 2.55. The van der Waals surface area contributed by atoms with Gasteiger partial charge in [-0.3, -0.25) is 0 Å². The minimum Gasteiger partial charge on any atom is -0.309 e. The molecule has 1 atom stereocenters. The van der Waals surface area contributed by atoms with Gasteiger partial charge in [0.1, 0.15) is 10.9 Å². The zero-order valence-electron chi connectivity index (χ0n) is 9.58. The van der Waals surface area contributed by atoms with Crippen molar-refractivity contribution in [1.29, 1.82) is 5.26 Å². The van der Waals surface area contributed by atoms with E-state index in [-0.39, 0.29) is 0 Å². The zero-order valence-corrected chi connectivity index (χ0v) is 10.4. The number of nitrogens with zero attached hydrogens (tertiary/aromatic N) is 1. The molecule has 0 aliphatic carbocycles. The summed E-state index contributed by atoms with van der Waals surface area (Å²) in [7, 11) is 0. The quantitative estimate of drug-likeness (QED) is 0.830. The molecule has 1 heterocycles. The predicted octanol–water partition coefficient (Wildman–Crippen LogP) is 3.14. The summed E-state index contributed by atoms with van der Waals surface area (Å²) >= 11 is 1.57. The summed E-state index contributed by atoms with van der Waals surface area (Å²) in [6.07, 6.45) is 1.15. The molecule has 15 heavy (non-hydrogen) atoms. The van der Waals surface area contributed by atoms with Crippen LogP contribution in [0, 0.1) is 17.2 Å². The molecule has 0 aromatic carbocycles. The van der Waals surface area contributed by atoms with Crippen LogP contribution in [0.25, 0.3) is 0 Å². The summed E-state index contributed by atoms with van der Waals surface area (Å²) in [5, 5.41) is 12.2. The van der Waals surface area contributed by atoms with E-state index in [1.807, 2.05) is 12.1 Å². The third kappa shape index (κ3) is 3.65. The Balaban J connectivity index is 2.46. The largest absolute Gasteiger partial charge is 0.309 e. The molecule has 0 bridgehead atoms. The molecule has 0 aliphatic rings. The monoisotopic (exact) mass is 222 g/mol. The summed E-state index contributed by atoms with van der Waals surface area (Å²) in [4.78, 5) is 2.04. The molecule has 0 saturated carbocycles. The second-order valence-electron chi connectivity index (χ2n) is 4.02. The van der Waals surface area contributed by atoms with E-state index >= 15 is 0 Å². The average Bonchev–Trinajstić information content (AvgIpc) is 2.66. The Hall–Kier alpha value is -0.850. The summed E-state index contributed by atoms with van der Waals surface area (Å²) in [6, 6.07) is 6.65. The van der Waals surface area contributed by atoms with Crippen LogP contribution in [0.5, 0.6) is 0 Å². The van der Waals surface area contributed by atoms with Crippen molar-refractivity contribution in [3.8, 4) is 6.07 Å². The van der Waals surface area contributed by atoms with E-state index < -0.39 is 0 Å². The Labute approximate surface area is 95.9 Å². The Kier molecular flexibility index (Phi) is 4.80. The van der Waals surface area contributed by atoms with Crippen molar-refractivity contribution >= 4 is 11.3 Å². The Morgan fingerprint density at radius 3 is 2.67 bits per heavy atom. The second-order valence-corrected chi connectivity index (χ2v) is 5.19. The maximum atomic E-state index is 8.70. The van der Waals surface area contributed by atoms with Crippen molar-refractivity contribution in [3.63, 3.8) is 0 Å². The highest BCUT2D eigenvalue weighted by molar-refractivity contribution is 7.12. The van der Waals surface area contributed by atoms with Crippen LogP contribution in [-0.2, 0) is 6.54 Å². The molecule has 1 aromatic rings. The van der Waals surface area contributed by atoms with Crippen molar-refractivity contribution in [1.82, 2.24) is 5.32 Å². The van der Waals surface area contributed by atoms with Crippen molar-refractivity contribution in [2.45, 2.75) is 39.8 Å². The molecule has 0 saturated heterocycles. The Bertz CT molecular complexity index is 336. The molecule has 1 aromatic heterocycles. The van der Waals surface area contributed by atoms with Gasteiger partial charge in [0.25, 0.3) is 0 Å². The van der Waals surface area contributed by atoms with Crippen LogP contribution in [0.4, 0.5) is 0 Å². The highest BCUT2D eigenvalue weighted by atomic mass is 32.1. The topological polar surface area (TPSA) is 35.8 Å². The van der Waals surface area contributed by atoms with Crippen LogP contribution in [0.1, 0.15) is 36.9 Å². The third-order valence-corrected chi connectivity index (χ3v) is 3.54. The molecule has 0 spiro atoms. The van der Waals surface area contributed by atoms with E-state index in [1.165, 1.54) is 4.88 Å². The smallest absolute Gasteiger partial charge is 0.110 e. The van der Waals surface area contributed by atoms with Gasteiger partial charge < -0.3 is 5.32 Å². The maximum Gasteiger partial charge on any atom is 0.110 e. The number of rotatable bonds is 5. The SMILES string of the molecule is CCC(NCc1ccc(C#N)s1)C(C)C. The van der Waals surface area contributed by atoms with Crippen LogP contribution in [0.15, 0.2) is 12.1 Å². The van der Waals surface area contributed by atoms with Gasteiger partial charge in [-0.2, -0.15) is 5.26 Å². The molecule has 2 nitrogen and oxygen atoms in total. The minimum atomic E-state index is 0.567. The predicted molar refractivity (Wildman–Crippen MR) is 64.8 cm³/mol. The lowest BCUT2D eigenvalue weighted by atomic mass is 10.0. The van der Waals surface area contributed by atoms with Gasteiger partial charge in [0.05, 0.1) is 0 Å². The van der Waals surface area contributed by atoms with Gasteiger partial charge >= 0.3 is 0 Å². The fourth-order valence-electron chi connectivity index (χ4n) is 1.62. The first-order valence-electron chi connectivity index (χ1n) is 5.39. The highest BCUT2D eigenvalue weighted by Crippen LogP contribution is 2.16. The number of nitrogens with one attached hydrogen (secondary N) is 1. The van der Waals surface area contributed by atoms with E-state index in [1.54, 1.807) is 11.3 Å². The second kappa shape index (κ2) is 5.89. The van der Waals surface area contributed by atoms with Gasteiger partial charge in [0, 0.05) is 17.5 Å². The van der Waals surface area contributed by atoms with E-state index in [4.69, 9.17) is 5.26 Å². The van der Waals surface area contributed by atoms with Crippen molar-refractivity contribution < 1.29 is 0 Å². The Morgan fingerprint density at radius 2 is 2.20 bits per heavy atom. The van der Waals surface area contributed by atoms with Crippen LogP contribution in [-0.4, -0.2) is 6.04 Å². The van der Waals surface area contributed by atoms with Gasteiger partial charge in [-0.15, -0.1) is 11.3 Å². The lowest BCUT2D eigenvalue weighted by Gasteiger charge is -2.20. The first kappa shape index (κ1) is 12.2. The fraction of sp³-hybridized carbons (Fsp3) is 0.583. The van der Waals surface area contributed by atoms with Crippen LogP contribution < -0.4 is 5.32 Å². The number of thiophene rings is 1. The molecule has 1 unspecified atom stereocenters. The van der Waals surface area contributed by atoms with Crippen LogP contribution >= 0.6 is 11.3 Å². The average molecular weight is 222 g/mol. The van der Waals surface area contributed by atoms with E-state index in [9.17, 15) is 0 Å². The summed E-state index contributed by atoms with van der Waals surface area (Å²) in [5.74, 6) is 0.658. The molecule has 0 aliphatic heterocycles. The summed E-state index contributed by atoms with van der Waals surface area (Å²) in [5.41, 5.74) is 0. The molecule has 0 radical (unpaired) electrons. The first-order chi connectivity index (χ1) is 7.17. The number of hydrogen-bond acceptors (Lipinski definition) is 3. The summed E-state index contributed by atoms with van der Waals surface area (Å²) in [6.45, 7) is 7.54. The van der Waals surface area contributed by atoms with E-state index in [0.717, 1.165) is 17.8 Å². The van der Waals surface area contributed by atoms with Crippen molar-refractivity contribution in [2.24, 2.45) is 5.92 Å². The fourth-order valence-corrected chi connectivity index (χ4v) is 2.37. The molecule has 82 valence electrons. The molecule has 1 N–H and O–H groups in total. The van der Waals surface area contributed by atoms with Crippen LogP contribution in [0.2, 0.25) is 0 Å². The molecular weight excluding hydrogens is 204 g/mol. The summed E-state index contributed by atoms with van der Waals surface area (Å²) < 4.78 is 0. The van der Waals surface area contributed by atoms with Gasteiger partial charge in [0.2, 0.25) is 0 Å². The number of hydrogen-bond donors (Lipinski definition) is 1. The molecule has 0 amide bonds. The molecule has 0 fully saturated rings.